The van der Waals surface area contributed by atoms with E-state index in [0.717, 1.165) is 18.8 Å². The Hall–Kier alpha value is -3.02. The van der Waals surface area contributed by atoms with Crippen molar-refractivity contribution in [2.45, 2.75) is 13.3 Å². The Morgan fingerprint density at radius 1 is 0.926 bits per heavy atom. The molecule has 0 spiro atoms. The summed E-state index contributed by atoms with van der Waals surface area (Å²) in [5.74, 6) is 0.0828. The van der Waals surface area contributed by atoms with Gasteiger partial charge >= 0.3 is 6.03 Å². The molecule has 2 aromatic rings. The fourth-order valence-electron chi connectivity index (χ4n) is 3.25. The average Bonchev–Trinajstić information content (AvgIpc) is 2.69. The van der Waals surface area contributed by atoms with Gasteiger partial charge in [0, 0.05) is 50.5 Å². The number of rotatable bonds is 5. The number of aryl methyl sites for hydroxylation is 1. The zero-order chi connectivity index (χ0) is 19.1. The third-order valence-corrected chi connectivity index (χ3v) is 4.74. The first-order chi connectivity index (χ1) is 13.1. The van der Waals surface area contributed by atoms with Crippen molar-refractivity contribution in [1.29, 1.82) is 0 Å². The number of para-hydroxylation sites is 2. The molecule has 6 nitrogen and oxygen atoms in total. The highest BCUT2D eigenvalue weighted by atomic mass is 16.2. The minimum absolute atomic E-state index is 0.0828. The molecule has 1 fully saturated rings. The molecule has 0 aliphatic carbocycles. The van der Waals surface area contributed by atoms with E-state index in [1.165, 1.54) is 11.3 Å². The molecular formula is C21H26N4O2. The molecule has 0 aromatic heterocycles. The van der Waals surface area contributed by atoms with Crippen LogP contribution in [0.4, 0.5) is 16.2 Å². The Bertz CT molecular complexity index is 771. The van der Waals surface area contributed by atoms with Gasteiger partial charge in [-0.2, -0.15) is 0 Å². The lowest BCUT2D eigenvalue weighted by atomic mass is 10.1. The normalized spacial score (nSPS) is 14.0. The van der Waals surface area contributed by atoms with Crippen molar-refractivity contribution in [2.75, 3.05) is 42.9 Å². The Kier molecular flexibility index (Phi) is 6.30. The Morgan fingerprint density at radius 3 is 2.30 bits per heavy atom. The van der Waals surface area contributed by atoms with Crippen molar-refractivity contribution in [2.24, 2.45) is 0 Å². The van der Waals surface area contributed by atoms with Gasteiger partial charge in [0.25, 0.3) is 0 Å². The summed E-state index contributed by atoms with van der Waals surface area (Å²) in [5, 5.41) is 5.48. The van der Waals surface area contributed by atoms with E-state index in [-0.39, 0.29) is 11.9 Å². The molecule has 1 saturated heterocycles. The van der Waals surface area contributed by atoms with Crippen LogP contribution in [0.3, 0.4) is 0 Å². The van der Waals surface area contributed by atoms with Gasteiger partial charge in [0.2, 0.25) is 5.91 Å². The number of carbonyl (C=O) groups is 2. The lowest BCUT2D eigenvalue weighted by molar-refractivity contribution is -0.131. The van der Waals surface area contributed by atoms with E-state index in [0.29, 0.717) is 26.1 Å². The maximum absolute atomic E-state index is 12.4. The van der Waals surface area contributed by atoms with E-state index >= 15 is 0 Å². The Labute approximate surface area is 160 Å². The molecular weight excluding hydrogens is 340 g/mol. The number of hydrogen-bond donors (Lipinski definition) is 2. The Morgan fingerprint density at radius 2 is 1.59 bits per heavy atom. The molecule has 0 atom stereocenters. The van der Waals surface area contributed by atoms with Crippen LogP contribution >= 0.6 is 0 Å². The maximum Gasteiger partial charge on any atom is 0.319 e. The zero-order valence-electron chi connectivity index (χ0n) is 15.6. The summed E-state index contributed by atoms with van der Waals surface area (Å²) < 4.78 is 0. The monoisotopic (exact) mass is 366 g/mol. The van der Waals surface area contributed by atoms with Crippen LogP contribution in [-0.2, 0) is 4.79 Å². The lowest BCUT2D eigenvalue weighted by Gasteiger charge is -2.36. The van der Waals surface area contributed by atoms with E-state index in [4.69, 9.17) is 0 Å². The first-order valence-corrected chi connectivity index (χ1v) is 9.32. The minimum Gasteiger partial charge on any atom is -0.368 e. The predicted molar refractivity (Wildman–Crippen MR) is 108 cm³/mol. The van der Waals surface area contributed by atoms with Crippen LogP contribution in [0.1, 0.15) is 12.0 Å². The molecule has 1 aliphatic rings. The van der Waals surface area contributed by atoms with Crippen molar-refractivity contribution >= 4 is 23.3 Å². The predicted octanol–water partition coefficient (Wildman–Crippen LogP) is 2.86. The van der Waals surface area contributed by atoms with Gasteiger partial charge in [0.05, 0.1) is 0 Å². The van der Waals surface area contributed by atoms with E-state index in [1.807, 2.05) is 47.4 Å². The quantitative estimate of drug-likeness (QED) is 0.855. The third kappa shape index (κ3) is 5.23. The van der Waals surface area contributed by atoms with Gasteiger partial charge in [0.1, 0.15) is 0 Å². The number of amides is 3. The Balaban J connectivity index is 1.38. The van der Waals surface area contributed by atoms with Crippen molar-refractivity contribution < 1.29 is 9.59 Å². The molecule has 0 unspecified atom stereocenters. The van der Waals surface area contributed by atoms with Gasteiger partial charge in [-0.25, -0.2) is 4.79 Å². The second-order valence-electron chi connectivity index (χ2n) is 6.65. The highest BCUT2D eigenvalue weighted by Gasteiger charge is 2.21. The number of nitrogens with zero attached hydrogens (tertiary/aromatic N) is 2. The smallest absolute Gasteiger partial charge is 0.319 e. The molecule has 1 heterocycles. The minimum atomic E-state index is -0.293. The van der Waals surface area contributed by atoms with Crippen LogP contribution < -0.4 is 15.5 Å². The number of urea groups is 1. The molecule has 0 radical (unpaired) electrons. The molecule has 3 amide bonds. The van der Waals surface area contributed by atoms with Crippen LogP contribution in [-0.4, -0.2) is 49.6 Å². The summed E-state index contributed by atoms with van der Waals surface area (Å²) in [6.45, 7) is 5.53. The van der Waals surface area contributed by atoms with Crippen LogP contribution in [0.25, 0.3) is 0 Å². The number of nitrogens with one attached hydrogen (secondary N) is 2. The molecule has 0 bridgehead atoms. The second-order valence-corrected chi connectivity index (χ2v) is 6.65. The first kappa shape index (κ1) is 18.8. The molecule has 142 valence electrons. The van der Waals surface area contributed by atoms with E-state index in [1.54, 1.807) is 0 Å². The average molecular weight is 366 g/mol. The molecule has 27 heavy (non-hydrogen) atoms. The second kappa shape index (κ2) is 9.07. The molecule has 3 rings (SSSR count). The van der Waals surface area contributed by atoms with Gasteiger partial charge in [-0.3, -0.25) is 4.79 Å². The fraction of sp³-hybridized carbons (Fsp3) is 0.333. The topological polar surface area (TPSA) is 64.7 Å². The summed E-state index contributed by atoms with van der Waals surface area (Å²) >= 11 is 0. The summed E-state index contributed by atoms with van der Waals surface area (Å²) in [4.78, 5) is 28.4. The first-order valence-electron chi connectivity index (χ1n) is 9.32. The molecule has 0 saturated carbocycles. The van der Waals surface area contributed by atoms with Crippen LogP contribution in [0.2, 0.25) is 0 Å². The van der Waals surface area contributed by atoms with Crippen LogP contribution in [0, 0.1) is 6.92 Å². The van der Waals surface area contributed by atoms with Gasteiger partial charge in [-0.1, -0.05) is 36.4 Å². The zero-order valence-corrected chi connectivity index (χ0v) is 15.6. The number of benzene rings is 2. The highest BCUT2D eigenvalue weighted by molar-refractivity contribution is 5.89. The highest BCUT2D eigenvalue weighted by Crippen LogP contribution is 2.20. The fourth-order valence-corrected chi connectivity index (χ4v) is 3.25. The SMILES string of the molecule is Cc1ccccc1N1CCN(C(=O)CCNC(=O)Nc2ccccc2)CC1. The lowest BCUT2D eigenvalue weighted by Crippen LogP contribution is -2.49. The number of carbonyl (C=O) groups excluding carboxylic acids is 2. The van der Waals surface area contributed by atoms with Gasteiger partial charge in [0.15, 0.2) is 0 Å². The summed E-state index contributed by atoms with van der Waals surface area (Å²) in [6.07, 6.45) is 0.312. The number of piperazine rings is 1. The summed E-state index contributed by atoms with van der Waals surface area (Å²) in [7, 11) is 0. The number of anilines is 2. The molecule has 2 N–H and O–H groups in total. The molecule has 2 aromatic carbocycles. The van der Waals surface area contributed by atoms with Gasteiger partial charge in [-0.05, 0) is 30.7 Å². The van der Waals surface area contributed by atoms with Crippen LogP contribution in [0.15, 0.2) is 54.6 Å². The van der Waals surface area contributed by atoms with E-state index in [9.17, 15) is 9.59 Å². The molecule has 1 aliphatic heterocycles. The molecule has 6 heteroatoms. The van der Waals surface area contributed by atoms with Crippen molar-refractivity contribution in [3.8, 4) is 0 Å². The largest absolute Gasteiger partial charge is 0.368 e. The summed E-state index contributed by atoms with van der Waals surface area (Å²) in [6, 6.07) is 17.3. The van der Waals surface area contributed by atoms with Gasteiger partial charge in [-0.15, -0.1) is 0 Å². The third-order valence-electron chi connectivity index (χ3n) is 4.74. The van der Waals surface area contributed by atoms with E-state index in [2.05, 4.69) is 34.6 Å². The maximum atomic E-state index is 12.4. The number of hydrogen-bond acceptors (Lipinski definition) is 3. The van der Waals surface area contributed by atoms with Crippen molar-refractivity contribution in [3.63, 3.8) is 0 Å². The van der Waals surface area contributed by atoms with Crippen molar-refractivity contribution in [1.82, 2.24) is 10.2 Å². The van der Waals surface area contributed by atoms with Crippen molar-refractivity contribution in [3.05, 3.63) is 60.2 Å². The van der Waals surface area contributed by atoms with Gasteiger partial charge < -0.3 is 20.4 Å². The van der Waals surface area contributed by atoms with Crippen LogP contribution in [0.5, 0.6) is 0 Å². The van der Waals surface area contributed by atoms with E-state index < -0.39 is 0 Å². The standard InChI is InChI=1S/C21H26N4O2/c1-17-7-5-6-10-19(17)24-13-15-25(16-14-24)20(26)11-12-22-21(27)23-18-8-3-2-4-9-18/h2-10H,11-16H2,1H3,(H2,22,23,27). The summed E-state index contributed by atoms with van der Waals surface area (Å²) in [5.41, 5.74) is 3.23.